The van der Waals surface area contributed by atoms with Crippen LogP contribution in [0.4, 0.5) is 5.69 Å². The first-order valence-corrected chi connectivity index (χ1v) is 12.7. The standard InChI is InChI=1S/C11H16O.C10H13Br.C10H15N/c1-11(2,3)10-7-5-4-6-9(10)8-12;2*1-10(2,3)8-6-4-5-7-9(8)11/h4-7,12H,8H2,1-3H3;4-7H,1-3H3;4-7H,11H2,1-3H3. The van der Waals surface area contributed by atoms with Gasteiger partial charge in [-0.15, -0.1) is 0 Å². The van der Waals surface area contributed by atoms with E-state index >= 15 is 0 Å². The van der Waals surface area contributed by atoms with Crippen molar-refractivity contribution in [3.8, 4) is 0 Å². The van der Waals surface area contributed by atoms with Crippen molar-refractivity contribution in [3.63, 3.8) is 0 Å². The molecule has 0 spiro atoms. The van der Waals surface area contributed by atoms with Crippen LogP contribution in [-0.4, -0.2) is 5.11 Å². The molecule has 186 valence electrons. The van der Waals surface area contributed by atoms with Gasteiger partial charge < -0.3 is 10.8 Å². The Balaban J connectivity index is 0.000000255. The van der Waals surface area contributed by atoms with Crippen LogP contribution in [0.1, 0.15) is 84.6 Å². The minimum absolute atomic E-state index is 0.124. The quantitative estimate of drug-likeness (QED) is 0.311. The SMILES string of the molecule is CC(C)(C)c1ccccc1Br.CC(C)(C)c1ccccc1CO.CC(C)(C)c1ccccc1N. The molecular formula is C31H44BrNO. The van der Waals surface area contributed by atoms with E-state index in [1.54, 1.807) is 0 Å². The summed E-state index contributed by atoms with van der Waals surface area (Å²) in [6, 6.07) is 24.4. The molecule has 0 aliphatic carbocycles. The number of para-hydroxylation sites is 1. The number of aliphatic hydroxyl groups is 1. The van der Waals surface area contributed by atoms with Gasteiger partial charge in [-0.1, -0.05) is 139 Å². The van der Waals surface area contributed by atoms with Gasteiger partial charge in [-0.2, -0.15) is 0 Å². The van der Waals surface area contributed by atoms with Crippen molar-refractivity contribution >= 4 is 21.6 Å². The lowest BCUT2D eigenvalue weighted by molar-refractivity contribution is 0.278. The lowest BCUT2D eigenvalue weighted by Gasteiger charge is -2.21. The molecule has 34 heavy (non-hydrogen) atoms. The van der Waals surface area contributed by atoms with Crippen LogP contribution in [0.3, 0.4) is 0 Å². The van der Waals surface area contributed by atoms with E-state index < -0.39 is 0 Å². The lowest BCUT2D eigenvalue weighted by atomic mass is 9.84. The summed E-state index contributed by atoms with van der Waals surface area (Å²) in [5.41, 5.74) is 12.1. The summed E-state index contributed by atoms with van der Waals surface area (Å²) in [4.78, 5) is 0. The highest BCUT2D eigenvalue weighted by Gasteiger charge is 2.17. The smallest absolute Gasteiger partial charge is 0.0684 e. The highest BCUT2D eigenvalue weighted by molar-refractivity contribution is 9.10. The molecule has 3 N–H and O–H groups in total. The van der Waals surface area contributed by atoms with Crippen molar-refractivity contribution in [1.29, 1.82) is 0 Å². The molecule has 0 fully saturated rings. The summed E-state index contributed by atoms with van der Waals surface area (Å²) in [7, 11) is 0. The number of aliphatic hydroxyl groups excluding tert-OH is 1. The Bertz CT molecular complexity index is 965. The number of hydrogen-bond acceptors (Lipinski definition) is 2. The Hall–Kier alpha value is -2.10. The zero-order valence-corrected chi connectivity index (χ0v) is 24.1. The maximum atomic E-state index is 9.08. The second-order valence-electron chi connectivity index (χ2n) is 11.6. The Morgan fingerprint density at radius 2 is 0.971 bits per heavy atom. The molecule has 0 aromatic heterocycles. The van der Waals surface area contributed by atoms with Gasteiger partial charge in [0.1, 0.15) is 0 Å². The van der Waals surface area contributed by atoms with Crippen LogP contribution in [0.25, 0.3) is 0 Å². The minimum Gasteiger partial charge on any atom is -0.398 e. The van der Waals surface area contributed by atoms with Crippen LogP contribution in [0, 0.1) is 0 Å². The van der Waals surface area contributed by atoms with Crippen LogP contribution in [0.5, 0.6) is 0 Å². The van der Waals surface area contributed by atoms with Gasteiger partial charge in [0.25, 0.3) is 0 Å². The van der Waals surface area contributed by atoms with Gasteiger partial charge in [-0.3, -0.25) is 0 Å². The zero-order valence-electron chi connectivity index (χ0n) is 22.5. The van der Waals surface area contributed by atoms with E-state index in [0.29, 0.717) is 0 Å². The summed E-state index contributed by atoms with van der Waals surface area (Å²) in [5, 5.41) is 9.08. The third kappa shape index (κ3) is 9.64. The van der Waals surface area contributed by atoms with Gasteiger partial charge in [0.15, 0.2) is 0 Å². The zero-order chi connectivity index (χ0) is 26.2. The molecule has 0 radical (unpaired) electrons. The molecule has 3 aromatic rings. The van der Waals surface area contributed by atoms with Gasteiger partial charge in [0.05, 0.1) is 6.61 Å². The van der Waals surface area contributed by atoms with Gasteiger partial charge in [0.2, 0.25) is 0 Å². The van der Waals surface area contributed by atoms with E-state index in [4.69, 9.17) is 10.8 Å². The summed E-state index contributed by atoms with van der Waals surface area (Å²) in [6.45, 7) is 19.7. The monoisotopic (exact) mass is 525 g/mol. The number of nitrogens with two attached hydrogens (primary N) is 1. The molecule has 0 bridgehead atoms. The van der Waals surface area contributed by atoms with Crippen LogP contribution >= 0.6 is 15.9 Å². The van der Waals surface area contributed by atoms with Crippen molar-refractivity contribution in [2.45, 2.75) is 85.2 Å². The largest absolute Gasteiger partial charge is 0.398 e. The Morgan fingerprint density at radius 1 is 0.588 bits per heavy atom. The number of hydrogen-bond donors (Lipinski definition) is 2. The number of anilines is 1. The first-order chi connectivity index (χ1) is 15.6. The number of rotatable bonds is 1. The number of halogens is 1. The van der Waals surface area contributed by atoms with E-state index in [2.05, 4.69) is 109 Å². The maximum absolute atomic E-state index is 9.08. The molecule has 0 amide bonds. The molecule has 0 heterocycles. The molecule has 0 atom stereocenters. The summed E-state index contributed by atoms with van der Waals surface area (Å²) in [6.07, 6.45) is 0. The third-order valence-corrected chi connectivity index (χ3v) is 6.14. The molecule has 0 aliphatic heterocycles. The third-order valence-electron chi connectivity index (χ3n) is 5.45. The topological polar surface area (TPSA) is 46.2 Å². The van der Waals surface area contributed by atoms with Crippen LogP contribution in [-0.2, 0) is 22.9 Å². The molecule has 2 nitrogen and oxygen atoms in total. The first-order valence-electron chi connectivity index (χ1n) is 11.9. The fourth-order valence-electron chi connectivity index (χ4n) is 3.64. The second kappa shape index (κ2) is 12.6. The Kier molecular flexibility index (Phi) is 11.1. The fourth-order valence-corrected chi connectivity index (χ4v) is 4.52. The van der Waals surface area contributed by atoms with E-state index in [1.807, 2.05) is 42.5 Å². The van der Waals surface area contributed by atoms with Crippen LogP contribution in [0.15, 0.2) is 77.3 Å². The first kappa shape index (κ1) is 29.9. The van der Waals surface area contributed by atoms with Crippen molar-refractivity contribution < 1.29 is 5.11 Å². The number of nitrogen functional groups attached to an aromatic ring is 1. The Morgan fingerprint density at radius 3 is 1.29 bits per heavy atom. The highest BCUT2D eigenvalue weighted by Crippen LogP contribution is 2.29. The molecule has 3 aromatic carbocycles. The molecular weight excluding hydrogens is 482 g/mol. The van der Waals surface area contributed by atoms with E-state index in [9.17, 15) is 0 Å². The van der Waals surface area contributed by atoms with Crippen molar-refractivity contribution in [2.24, 2.45) is 0 Å². The van der Waals surface area contributed by atoms with Crippen molar-refractivity contribution in [1.82, 2.24) is 0 Å². The predicted molar refractivity (Wildman–Crippen MR) is 153 cm³/mol. The van der Waals surface area contributed by atoms with E-state index in [0.717, 1.165) is 11.3 Å². The van der Waals surface area contributed by atoms with Gasteiger partial charge >= 0.3 is 0 Å². The predicted octanol–water partition coefficient (Wildman–Crippen LogP) is 8.79. The minimum atomic E-state index is 0.124. The van der Waals surface area contributed by atoms with Gasteiger partial charge in [-0.05, 0) is 50.6 Å². The molecule has 0 saturated heterocycles. The van der Waals surface area contributed by atoms with Crippen LogP contribution < -0.4 is 5.73 Å². The Labute approximate surface area is 216 Å². The fraction of sp³-hybridized carbons (Fsp3) is 0.419. The molecule has 0 unspecified atom stereocenters. The lowest BCUT2D eigenvalue weighted by Crippen LogP contribution is -2.13. The maximum Gasteiger partial charge on any atom is 0.0684 e. The van der Waals surface area contributed by atoms with Gasteiger partial charge in [-0.25, -0.2) is 0 Å². The summed E-state index contributed by atoms with van der Waals surface area (Å²) < 4.78 is 1.20. The molecule has 0 aliphatic rings. The second-order valence-corrected chi connectivity index (χ2v) is 12.5. The van der Waals surface area contributed by atoms with Crippen molar-refractivity contribution in [2.75, 3.05) is 5.73 Å². The highest BCUT2D eigenvalue weighted by atomic mass is 79.9. The molecule has 3 rings (SSSR count). The average molecular weight is 527 g/mol. The van der Waals surface area contributed by atoms with Crippen LogP contribution in [0.2, 0.25) is 0 Å². The molecule has 0 saturated carbocycles. The average Bonchev–Trinajstić information content (AvgIpc) is 2.73. The summed E-state index contributed by atoms with van der Waals surface area (Å²) in [5.74, 6) is 0. The van der Waals surface area contributed by atoms with E-state index in [-0.39, 0.29) is 22.9 Å². The molecule has 3 heteroatoms. The van der Waals surface area contributed by atoms with E-state index in [1.165, 1.54) is 21.2 Å². The van der Waals surface area contributed by atoms with Crippen molar-refractivity contribution in [3.05, 3.63) is 99.5 Å². The summed E-state index contributed by atoms with van der Waals surface area (Å²) >= 11 is 3.53. The normalized spacial score (nSPS) is 11.6. The number of benzene rings is 3. The van der Waals surface area contributed by atoms with Gasteiger partial charge in [0, 0.05) is 10.2 Å².